The monoisotopic (exact) mass is 294 g/mol. The van der Waals surface area contributed by atoms with Gasteiger partial charge in [0.1, 0.15) is 0 Å². The fraction of sp³-hybridized carbons (Fsp3) is 0.154. The van der Waals surface area contributed by atoms with Crippen molar-refractivity contribution >= 4 is 23.2 Å². The number of amides is 1. The molecule has 1 heterocycles. The van der Waals surface area contributed by atoms with E-state index in [1.165, 1.54) is 18.4 Å². The van der Waals surface area contributed by atoms with Crippen molar-refractivity contribution < 1.29 is 14.1 Å². The predicted molar refractivity (Wildman–Crippen MR) is 72.7 cm³/mol. The summed E-state index contributed by atoms with van der Waals surface area (Å²) in [5.74, 6) is -0.394. The van der Waals surface area contributed by atoms with Crippen LogP contribution in [0.4, 0.5) is 5.69 Å². The summed E-state index contributed by atoms with van der Waals surface area (Å²) < 4.78 is 4.83. The van der Waals surface area contributed by atoms with E-state index in [1.54, 1.807) is 19.1 Å². The van der Waals surface area contributed by atoms with E-state index in [1.807, 2.05) is 0 Å². The van der Waals surface area contributed by atoms with Crippen LogP contribution < -0.4 is 5.32 Å². The molecular formula is C13H11ClN2O4. The normalized spacial score (nSPS) is 10.3. The first-order chi connectivity index (χ1) is 9.50. The average molecular weight is 295 g/mol. The van der Waals surface area contributed by atoms with Gasteiger partial charge in [-0.2, -0.15) is 0 Å². The Morgan fingerprint density at radius 2 is 2.20 bits per heavy atom. The molecule has 7 heteroatoms. The second kappa shape index (κ2) is 5.75. The van der Waals surface area contributed by atoms with Crippen LogP contribution in [0.1, 0.15) is 21.5 Å². The lowest BCUT2D eigenvalue weighted by Gasteiger charge is -2.07. The number of nitro benzene ring substituents is 1. The summed E-state index contributed by atoms with van der Waals surface area (Å²) in [7, 11) is 0. The Kier molecular flexibility index (Phi) is 4.05. The standard InChI is InChI=1S/C13H11ClN2O4/c1-8-9(3-2-4-11(8)16(18)19)7-15-13(17)10-5-6-20-12(10)14/h2-6H,7H2,1H3,(H,15,17). The van der Waals surface area contributed by atoms with Crippen LogP contribution in [-0.2, 0) is 6.54 Å². The fourth-order valence-electron chi connectivity index (χ4n) is 1.79. The number of nitrogens with one attached hydrogen (secondary N) is 1. The third-order valence-electron chi connectivity index (χ3n) is 2.92. The first-order valence-electron chi connectivity index (χ1n) is 5.74. The van der Waals surface area contributed by atoms with Crippen molar-refractivity contribution in [1.29, 1.82) is 0 Å². The van der Waals surface area contributed by atoms with E-state index in [4.69, 9.17) is 16.0 Å². The van der Waals surface area contributed by atoms with E-state index in [2.05, 4.69) is 5.32 Å². The smallest absolute Gasteiger partial charge is 0.272 e. The quantitative estimate of drug-likeness (QED) is 0.693. The molecule has 0 aliphatic rings. The first kappa shape index (κ1) is 14.1. The lowest BCUT2D eigenvalue weighted by atomic mass is 10.1. The Bertz CT molecular complexity index is 666. The molecule has 0 atom stereocenters. The number of rotatable bonds is 4. The summed E-state index contributed by atoms with van der Waals surface area (Å²) in [6, 6.07) is 6.18. The summed E-state index contributed by atoms with van der Waals surface area (Å²) in [6.45, 7) is 1.82. The Labute approximate surface area is 119 Å². The lowest BCUT2D eigenvalue weighted by Crippen LogP contribution is -2.23. The van der Waals surface area contributed by atoms with Crippen LogP contribution in [0.2, 0.25) is 5.22 Å². The zero-order valence-corrected chi connectivity index (χ0v) is 11.3. The van der Waals surface area contributed by atoms with Crippen LogP contribution in [0.15, 0.2) is 34.9 Å². The van der Waals surface area contributed by atoms with Gasteiger partial charge in [-0.25, -0.2) is 0 Å². The Morgan fingerprint density at radius 1 is 1.45 bits per heavy atom. The minimum atomic E-state index is -0.451. The lowest BCUT2D eigenvalue weighted by molar-refractivity contribution is -0.385. The Balaban J connectivity index is 2.12. The summed E-state index contributed by atoms with van der Waals surface area (Å²) in [5.41, 5.74) is 1.45. The highest BCUT2D eigenvalue weighted by molar-refractivity contribution is 6.32. The average Bonchev–Trinajstić information content (AvgIpc) is 2.83. The van der Waals surface area contributed by atoms with Crippen LogP contribution in [-0.4, -0.2) is 10.8 Å². The van der Waals surface area contributed by atoms with E-state index in [0.29, 0.717) is 11.1 Å². The molecule has 20 heavy (non-hydrogen) atoms. The largest absolute Gasteiger partial charge is 0.452 e. The van der Waals surface area contributed by atoms with Crippen molar-refractivity contribution in [2.45, 2.75) is 13.5 Å². The zero-order chi connectivity index (χ0) is 14.7. The number of nitro groups is 1. The van der Waals surface area contributed by atoms with E-state index >= 15 is 0 Å². The van der Waals surface area contributed by atoms with E-state index in [-0.39, 0.29) is 23.0 Å². The first-order valence-corrected chi connectivity index (χ1v) is 6.12. The van der Waals surface area contributed by atoms with Gasteiger partial charge >= 0.3 is 0 Å². The van der Waals surface area contributed by atoms with Crippen molar-refractivity contribution in [1.82, 2.24) is 5.32 Å². The number of hydrogen-bond donors (Lipinski definition) is 1. The molecule has 0 aliphatic heterocycles. The zero-order valence-electron chi connectivity index (χ0n) is 10.6. The van der Waals surface area contributed by atoms with E-state index < -0.39 is 10.8 Å². The number of hydrogen-bond acceptors (Lipinski definition) is 4. The molecule has 0 spiro atoms. The second-order valence-corrected chi connectivity index (χ2v) is 4.45. The number of furan rings is 1. The van der Waals surface area contributed by atoms with Gasteiger partial charge in [0.2, 0.25) is 5.22 Å². The summed E-state index contributed by atoms with van der Waals surface area (Å²) >= 11 is 5.70. The topological polar surface area (TPSA) is 85.4 Å². The molecule has 1 N–H and O–H groups in total. The van der Waals surface area contributed by atoms with Gasteiger partial charge in [-0.1, -0.05) is 12.1 Å². The van der Waals surface area contributed by atoms with E-state index in [9.17, 15) is 14.9 Å². The van der Waals surface area contributed by atoms with Crippen LogP contribution >= 0.6 is 11.6 Å². The molecular weight excluding hydrogens is 284 g/mol. The molecule has 0 saturated carbocycles. The number of carbonyl (C=O) groups excluding carboxylic acids is 1. The summed E-state index contributed by atoms with van der Waals surface area (Å²) in [5, 5.41) is 13.5. The van der Waals surface area contributed by atoms with Gasteiger partial charge in [0.25, 0.3) is 11.6 Å². The van der Waals surface area contributed by atoms with Crippen molar-refractivity contribution in [2.24, 2.45) is 0 Å². The van der Waals surface area contributed by atoms with E-state index in [0.717, 1.165) is 0 Å². The van der Waals surface area contributed by atoms with Crippen LogP contribution in [0.5, 0.6) is 0 Å². The van der Waals surface area contributed by atoms with Crippen LogP contribution in [0.3, 0.4) is 0 Å². The maximum atomic E-state index is 11.8. The molecule has 1 amide bonds. The van der Waals surface area contributed by atoms with Gasteiger partial charge in [-0.15, -0.1) is 0 Å². The molecule has 0 radical (unpaired) electrons. The van der Waals surface area contributed by atoms with Gasteiger partial charge in [-0.3, -0.25) is 14.9 Å². The predicted octanol–water partition coefficient (Wildman–Crippen LogP) is 3.08. The minimum absolute atomic E-state index is 0.0123. The molecule has 0 unspecified atom stereocenters. The van der Waals surface area contributed by atoms with Gasteiger partial charge < -0.3 is 9.73 Å². The van der Waals surface area contributed by atoms with Crippen molar-refractivity contribution in [2.75, 3.05) is 0 Å². The highest BCUT2D eigenvalue weighted by Gasteiger charge is 2.16. The highest BCUT2D eigenvalue weighted by Crippen LogP contribution is 2.21. The molecule has 0 saturated heterocycles. The Hall–Kier alpha value is -2.34. The molecule has 1 aromatic carbocycles. The second-order valence-electron chi connectivity index (χ2n) is 4.11. The molecule has 1 aromatic heterocycles. The number of benzene rings is 1. The molecule has 0 bridgehead atoms. The summed E-state index contributed by atoms with van der Waals surface area (Å²) in [6.07, 6.45) is 1.32. The fourth-order valence-corrected chi connectivity index (χ4v) is 1.99. The Morgan fingerprint density at radius 3 is 2.80 bits per heavy atom. The van der Waals surface area contributed by atoms with Crippen molar-refractivity contribution in [3.05, 3.63) is 62.6 Å². The molecule has 0 aliphatic carbocycles. The molecule has 2 rings (SSSR count). The van der Waals surface area contributed by atoms with Gasteiger partial charge in [0.05, 0.1) is 16.7 Å². The van der Waals surface area contributed by atoms with Crippen LogP contribution in [0.25, 0.3) is 0 Å². The van der Waals surface area contributed by atoms with Gasteiger partial charge in [0, 0.05) is 18.2 Å². The molecule has 2 aromatic rings. The minimum Gasteiger partial charge on any atom is -0.452 e. The number of carbonyl (C=O) groups is 1. The van der Waals surface area contributed by atoms with Gasteiger partial charge in [-0.05, 0) is 30.2 Å². The van der Waals surface area contributed by atoms with Gasteiger partial charge in [0.15, 0.2) is 0 Å². The molecule has 6 nitrogen and oxygen atoms in total. The van der Waals surface area contributed by atoms with Crippen molar-refractivity contribution in [3.63, 3.8) is 0 Å². The third kappa shape index (κ3) is 2.80. The highest BCUT2D eigenvalue weighted by atomic mass is 35.5. The maximum absolute atomic E-state index is 11.8. The SMILES string of the molecule is Cc1c(CNC(=O)c2ccoc2Cl)cccc1[N+](=O)[O-]. The molecule has 0 fully saturated rings. The van der Waals surface area contributed by atoms with Crippen LogP contribution in [0, 0.1) is 17.0 Å². The summed E-state index contributed by atoms with van der Waals surface area (Å²) in [4.78, 5) is 22.2. The molecule has 104 valence electrons. The third-order valence-corrected chi connectivity index (χ3v) is 3.21. The maximum Gasteiger partial charge on any atom is 0.272 e. The van der Waals surface area contributed by atoms with Crippen molar-refractivity contribution in [3.8, 4) is 0 Å². The number of halogens is 1. The number of nitrogens with zero attached hydrogens (tertiary/aromatic N) is 1.